The normalized spacial score (nSPS) is 40.1. The fourth-order valence-corrected chi connectivity index (χ4v) is 5.94. The maximum absolute atomic E-state index is 11.4. The molecule has 2 aliphatic carbocycles. The van der Waals surface area contributed by atoms with Crippen LogP contribution < -0.4 is 0 Å². The lowest BCUT2D eigenvalue weighted by molar-refractivity contribution is -0.167. The Morgan fingerprint density at radius 1 is 1.41 bits per heavy atom. The van der Waals surface area contributed by atoms with Gasteiger partial charge in [0.1, 0.15) is 13.2 Å². The molecule has 0 unspecified atom stereocenters. The first-order valence-electron chi connectivity index (χ1n) is 10.2. The molecule has 0 amide bonds. The molecule has 3 aliphatic heterocycles. The van der Waals surface area contributed by atoms with Gasteiger partial charge in [-0.3, -0.25) is 4.79 Å². The van der Waals surface area contributed by atoms with Crippen molar-refractivity contribution in [3.05, 3.63) is 23.3 Å². The Hall–Kier alpha value is -1.62. The average Bonchev–Trinajstić information content (AvgIpc) is 3.07. The van der Waals surface area contributed by atoms with Gasteiger partial charge in [0, 0.05) is 18.4 Å². The molecule has 3 heterocycles. The lowest BCUT2D eigenvalue weighted by atomic mass is 9.45. The van der Waals surface area contributed by atoms with E-state index in [4.69, 9.17) is 14.2 Å². The number of rotatable bonds is 5. The molecule has 5 aliphatic rings. The minimum atomic E-state index is -0.226. The van der Waals surface area contributed by atoms with E-state index in [-0.39, 0.29) is 28.9 Å². The van der Waals surface area contributed by atoms with Gasteiger partial charge in [-0.15, -0.1) is 0 Å². The molecule has 148 valence electrons. The summed E-state index contributed by atoms with van der Waals surface area (Å²) in [5.74, 6) is 0.693. The first kappa shape index (κ1) is 18.7. The van der Waals surface area contributed by atoms with E-state index in [0.717, 1.165) is 44.3 Å². The molecule has 1 saturated heterocycles. The molecule has 27 heavy (non-hydrogen) atoms. The predicted octanol–water partition coefficient (Wildman–Crippen LogP) is 3.58. The van der Waals surface area contributed by atoms with Crippen LogP contribution in [-0.2, 0) is 23.8 Å². The van der Waals surface area contributed by atoms with Crippen molar-refractivity contribution in [2.24, 2.45) is 22.7 Å². The van der Waals surface area contributed by atoms with Crippen LogP contribution in [0.1, 0.15) is 52.9 Å². The summed E-state index contributed by atoms with van der Waals surface area (Å²) in [7, 11) is 0. The van der Waals surface area contributed by atoms with Gasteiger partial charge in [-0.25, -0.2) is 4.79 Å². The smallest absolute Gasteiger partial charge is 0.331 e. The molecule has 2 bridgehead atoms. The van der Waals surface area contributed by atoms with Crippen LogP contribution >= 0.6 is 0 Å². The molecule has 0 aromatic heterocycles. The maximum atomic E-state index is 11.4. The second-order valence-electron chi connectivity index (χ2n) is 9.12. The molecular weight excluding hydrogens is 344 g/mol. The number of hydrogen-bond acceptors (Lipinski definition) is 5. The molecule has 5 heteroatoms. The van der Waals surface area contributed by atoms with E-state index < -0.39 is 0 Å². The summed E-state index contributed by atoms with van der Waals surface area (Å²) in [6.45, 7) is 7.84. The standard InChI is InChI=1S/C22H30O5/c1-14-4-7-22-13-27-18(9-17(22)12-25-15(2)23)10-19(22)21(14,3)6-5-16-8-20(24)26-11-16/h8-9,14,18-19H,4-7,10-13H2,1-3H3/t14-,18-,19-,21+,22+/m0/s1. The van der Waals surface area contributed by atoms with Gasteiger partial charge >= 0.3 is 11.9 Å². The first-order valence-corrected chi connectivity index (χ1v) is 10.2. The van der Waals surface area contributed by atoms with Gasteiger partial charge in [-0.2, -0.15) is 0 Å². The summed E-state index contributed by atoms with van der Waals surface area (Å²) >= 11 is 0. The van der Waals surface area contributed by atoms with Crippen molar-refractivity contribution < 1.29 is 23.8 Å². The SMILES string of the molecule is CC(=O)OCC1=C[C@H]2C[C@@H]3[C@]1(CC[C@H](C)[C@@]3(C)CCC1=CC(=O)OC1)CO2. The number of cyclic esters (lactones) is 1. The van der Waals surface area contributed by atoms with Crippen LogP contribution in [0.15, 0.2) is 23.3 Å². The van der Waals surface area contributed by atoms with E-state index in [9.17, 15) is 9.59 Å². The summed E-state index contributed by atoms with van der Waals surface area (Å²) in [6, 6.07) is 0. The van der Waals surface area contributed by atoms with Gasteiger partial charge in [0.2, 0.25) is 0 Å². The largest absolute Gasteiger partial charge is 0.461 e. The van der Waals surface area contributed by atoms with Gasteiger partial charge in [0.25, 0.3) is 0 Å². The van der Waals surface area contributed by atoms with Crippen LogP contribution in [0.5, 0.6) is 0 Å². The summed E-state index contributed by atoms with van der Waals surface area (Å²) < 4.78 is 16.6. The molecule has 2 fully saturated rings. The van der Waals surface area contributed by atoms with E-state index in [1.807, 2.05) is 0 Å². The van der Waals surface area contributed by atoms with Gasteiger partial charge in [0.15, 0.2) is 0 Å². The minimum absolute atomic E-state index is 0.0121. The molecule has 0 aromatic rings. The molecule has 0 radical (unpaired) electrons. The molecule has 5 atom stereocenters. The Balaban J connectivity index is 1.58. The third kappa shape index (κ3) is 3.14. The summed E-state index contributed by atoms with van der Waals surface area (Å²) in [5.41, 5.74) is 2.53. The Kier molecular flexibility index (Phi) is 4.69. The van der Waals surface area contributed by atoms with Crippen molar-refractivity contribution in [3.63, 3.8) is 0 Å². The third-order valence-electron chi connectivity index (χ3n) is 7.80. The van der Waals surface area contributed by atoms with E-state index in [1.54, 1.807) is 6.08 Å². The fourth-order valence-electron chi connectivity index (χ4n) is 5.94. The van der Waals surface area contributed by atoms with Crippen molar-refractivity contribution in [1.29, 1.82) is 0 Å². The zero-order valence-corrected chi connectivity index (χ0v) is 16.6. The molecule has 5 nitrogen and oxygen atoms in total. The van der Waals surface area contributed by atoms with Crippen molar-refractivity contribution in [2.45, 2.75) is 59.0 Å². The van der Waals surface area contributed by atoms with Crippen molar-refractivity contribution >= 4 is 11.9 Å². The number of carbonyl (C=O) groups excluding carboxylic acids is 2. The van der Waals surface area contributed by atoms with Gasteiger partial charge in [-0.1, -0.05) is 19.9 Å². The molecule has 1 saturated carbocycles. The molecular formula is C22H30O5. The summed E-state index contributed by atoms with van der Waals surface area (Å²) in [4.78, 5) is 22.8. The summed E-state index contributed by atoms with van der Waals surface area (Å²) in [5, 5.41) is 0. The molecule has 0 N–H and O–H groups in total. The Morgan fingerprint density at radius 2 is 2.22 bits per heavy atom. The van der Waals surface area contributed by atoms with E-state index in [1.165, 1.54) is 12.5 Å². The summed E-state index contributed by atoms with van der Waals surface area (Å²) in [6.07, 6.45) is 9.25. The lowest BCUT2D eigenvalue weighted by Crippen LogP contribution is -2.59. The predicted molar refractivity (Wildman–Crippen MR) is 99.8 cm³/mol. The second kappa shape index (κ2) is 6.77. The number of hydrogen-bond donors (Lipinski definition) is 0. The quantitative estimate of drug-likeness (QED) is 0.544. The molecule has 5 rings (SSSR count). The monoisotopic (exact) mass is 374 g/mol. The van der Waals surface area contributed by atoms with Crippen LogP contribution in [0.3, 0.4) is 0 Å². The highest BCUT2D eigenvalue weighted by Gasteiger charge is 2.60. The first-order chi connectivity index (χ1) is 12.8. The average molecular weight is 374 g/mol. The van der Waals surface area contributed by atoms with Crippen molar-refractivity contribution in [3.8, 4) is 0 Å². The van der Waals surface area contributed by atoms with E-state index in [0.29, 0.717) is 25.0 Å². The van der Waals surface area contributed by atoms with Gasteiger partial charge < -0.3 is 14.2 Å². The van der Waals surface area contributed by atoms with Crippen LogP contribution in [0.4, 0.5) is 0 Å². The minimum Gasteiger partial charge on any atom is -0.461 e. The lowest BCUT2D eigenvalue weighted by Gasteiger charge is -2.62. The number of carbonyl (C=O) groups is 2. The van der Waals surface area contributed by atoms with Crippen molar-refractivity contribution in [1.82, 2.24) is 0 Å². The Labute approximate surface area is 161 Å². The van der Waals surface area contributed by atoms with Crippen LogP contribution in [-0.4, -0.2) is 37.9 Å². The van der Waals surface area contributed by atoms with Crippen molar-refractivity contribution in [2.75, 3.05) is 19.8 Å². The molecule has 0 aromatic carbocycles. The Morgan fingerprint density at radius 3 is 2.93 bits per heavy atom. The maximum Gasteiger partial charge on any atom is 0.331 e. The third-order valence-corrected chi connectivity index (χ3v) is 7.80. The topological polar surface area (TPSA) is 61.8 Å². The number of esters is 2. The highest BCUT2D eigenvalue weighted by molar-refractivity contribution is 5.85. The van der Waals surface area contributed by atoms with Crippen LogP contribution in [0, 0.1) is 22.7 Å². The second-order valence-corrected chi connectivity index (χ2v) is 9.12. The fraction of sp³-hybridized carbons (Fsp3) is 0.727. The number of fused-ring (bicyclic) bond motifs is 1. The zero-order chi connectivity index (χ0) is 19.2. The van der Waals surface area contributed by atoms with Crippen LogP contribution in [0.25, 0.3) is 0 Å². The van der Waals surface area contributed by atoms with E-state index in [2.05, 4.69) is 19.9 Å². The van der Waals surface area contributed by atoms with Gasteiger partial charge in [-0.05, 0) is 60.5 Å². The molecule has 1 spiro atoms. The highest BCUT2D eigenvalue weighted by Crippen LogP contribution is 2.64. The number of ether oxygens (including phenoxy) is 3. The van der Waals surface area contributed by atoms with E-state index >= 15 is 0 Å². The van der Waals surface area contributed by atoms with Crippen LogP contribution in [0.2, 0.25) is 0 Å². The highest BCUT2D eigenvalue weighted by atomic mass is 16.5. The Bertz CT molecular complexity index is 707. The zero-order valence-electron chi connectivity index (χ0n) is 16.6. The van der Waals surface area contributed by atoms with Gasteiger partial charge in [0.05, 0.1) is 12.7 Å².